The Morgan fingerprint density at radius 3 is 2.40 bits per heavy atom. The van der Waals surface area contributed by atoms with Crippen molar-refractivity contribution in [2.24, 2.45) is 4.99 Å². The molecule has 4 rings (SSSR count). The summed E-state index contributed by atoms with van der Waals surface area (Å²) in [5.74, 6) is -2.24. The molecule has 152 valence electrons. The fraction of sp³-hybridized carbons (Fsp3) is 0.130. The van der Waals surface area contributed by atoms with Crippen LogP contribution in [0, 0.1) is 0 Å². The first kappa shape index (κ1) is 19.7. The standard InChI is InChI=1S/C23H17F3N2O2/c24-23(25,26)22(29)30-28-21-19-12-5-4-9-17(19)14-20(27-21)18-11-6-10-16(13-18)15-7-2-1-3-8-15/h1-13,20H,14H2,(H,27,28). The van der Waals surface area contributed by atoms with Crippen LogP contribution in [-0.2, 0) is 16.1 Å². The zero-order valence-electron chi connectivity index (χ0n) is 15.7. The molecule has 4 nitrogen and oxygen atoms in total. The second-order valence-electron chi connectivity index (χ2n) is 6.84. The normalized spacial score (nSPS) is 15.7. The van der Waals surface area contributed by atoms with Gasteiger partial charge in [0.05, 0.1) is 6.04 Å². The Morgan fingerprint density at radius 1 is 0.933 bits per heavy atom. The lowest BCUT2D eigenvalue weighted by molar-refractivity contribution is -0.203. The largest absolute Gasteiger partial charge is 0.493 e. The summed E-state index contributed by atoms with van der Waals surface area (Å²) in [5, 5.41) is 0. The minimum atomic E-state index is -5.09. The Balaban J connectivity index is 1.65. The van der Waals surface area contributed by atoms with Crippen molar-refractivity contribution in [2.75, 3.05) is 0 Å². The topological polar surface area (TPSA) is 50.7 Å². The highest BCUT2D eigenvalue weighted by molar-refractivity contribution is 6.01. The van der Waals surface area contributed by atoms with Crippen LogP contribution in [0.3, 0.4) is 0 Å². The molecule has 1 aliphatic rings. The van der Waals surface area contributed by atoms with Gasteiger partial charge in [-0.15, -0.1) is 0 Å². The molecule has 0 aromatic heterocycles. The van der Waals surface area contributed by atoms with Crippen molar-refractivity contribution in [3.8, 4) is 11.1 Å². The van der Waals surface area contributed by atoms with Crippen molar-refractivity contribution in [2.45, 2.75) is 18.6 Å². The van der Waals surface area contributed by atoms with Crippen LogP contribution in [0.1, 0.15) is 22.7 Å². The van der Waals surface area contributed by atoms with E-state index in [0.717, 1.165) is 22.3 Å². The Hall–Kier alpha value is -3.61. The van der Waals surface area contributed by atoms with E-state index in [9.17, 15) is 18.0 Å². The number of hydrogen-bond acceptors (Lipinski definition) is 4. The summed E-state index contributed by atoms with van der Waals surface area (Å²) in [7, 11) is 0. The van der Waals surface area contributed by atoms with Gasteiger partial charge in [0.25, 0.3) is 0 Å². The zero-order valence-corrected chi connectivity index (χ0v) is 15.7. The van der Waals surface area contributed by atoms with E-state index in [-0.39, 0.29) is 11.9 Å². The van der Waals surface area contributed by atoms with Gasteiger partial charge in [-0.25, -0.2) is 4.79 Å². The van der Waals surface area contributed by atoms with Gasteiger partial charge in [-0.2, -0.15) is 18.7 Å². The van der Waals surface area contributed by atoms with Crippen LogP contribution in [0.5, 0.6) is 0 Å². The monoisotopic (exact) mass is 410 g/mol. The van der Waals surface area contributed by atoms with Gasteiger partial charge in [-0.1, -0.05) is 72.8 Å². The number of nitrogens with zero attached hydrogens (tertiary/aromatic N) is 1. The van der Waals surface area contributed by atoms with Crippen LogP contribution in [0.15, 0.2) is 83.9 Å². The van der Waals surface area contributed by atoms with Gasteiger partial charge >= 0.3 is 12.1 Å². The highest BCUT2D eigenvalue weighted by Gasteiger charge is 2.42. The maximum absolute atomic E-state index is 12.5. The number of rotatable bonds is 2. The predicted octanol–water partition coefficient (Wildman–Crippen LogP) is 5.01. The van der Waals surface area contributed by atoms with Crippen molar-refractivity contribution in [3.05, 3.63) is 95.6 Å². The first-order valence-electron chi connectivity index (χ1n) is 9.27. The molecular weight excluding hydrogens is 393 g/mol. The van der Waals surface area contributed by atoms with E-state index in [1.807, 2.05) is 66.7 Å². The van der Waals surface area contributed by atoms with Crippen LogP contribution in [0.4, 0.5) is 13.2 Å². The number of carbonyl (C=O) groups excluding carboxylic acids is 1. The van der Waals surface area contributed by atoms with Gasteiger partial charge in [0, 0.05) is 5.56 Å². The predicted molar refractivity (Wildman–Crippen MR) is 107 cm³/mol. The molecule has 0 spiro atoms. The van der Waals surface area contributed by atoms with E-state index >= 15 is 0 Å². The third kappa shape index (κ3) is 4.20. The molecule has 3 aromatic carbocycles. The van der Waals surface area contributed by atoms with Gasteiger partial charge in [0.1, 0.15) is 0 Å². The maximum atomic E-state index is 12.5. The van der Waals surface area contributed by atoms with Crippen molar-refractivity contribution in [1.82, 2.24) is 5.48 Å². The Bertz CT molecular complexity index is 1090. The number of hydroxylamine groups is 1. The Morgan fingerprint density at radius 2 is 1.63 bits per heavy atom. The third-order valence-electron chi connectivity index (χ3n) is 4.82. The number of alkyl halides is 3. The molecule has 0 aliphatic carbocycles. The molecule has 0 saturated heterocycles. The number of fused-ring (bicyclic) bond motifs is 1. The molecule has 7 heteroatoms. The quantitative estimate of drug-likeness (QED) is 0.605. The minimum Gasteiger partial charge on any atom is -0.334 e. The van der Waals surface area contributed by atoms with E-state index in [4.69, 9.17) is 0 Å². The van der Waals surface area contributed by atoms with E-state index in [2.05, 4.69) is 15.3 Å². The van der Waals surface area contributed by atoms with Gasteiger partial charge in [0.15, 0.2) is 5.84 Å². The first-order chi connectivity index (χ1) is 14.4. The highest BCUT2D eigenvalue weighted by atomic mass is 19.4. The number of aliphatic imine (C=N–C) groups is 1. The van der Waals surface area contributed by atoms with Gasteiger partial charge in [0.2, 0.25) is 0 Å². The van der Waals surface area contributed by atoms with Crippen LogP contribution in [-0.4, -0.2) is 18.0 Å². The number of amidine groups is 1. The molecule has 1 N–H and O–H groups in total. The maximum Gasteiger partial charge on any atom is 0.493 e. The fourth-order valence-electron chi connectivity index (χ4n) is 3.39. The van der Waals surface area contributed by atoms with Crippen LogP contribution in [0.25, 0.3) is 11.1 Å². The van der Waals surface area contributed by atoms with E-state index in [1.54, 1.807) is 12.1 Å². The van der Waals surface area contributed by atoms with E-state index < -0.39 is 12.1 Å². The van der Waals surface area contributed by atoms with Crippen molar-refractivity contribution < 1.29 is 22.8 Å². The number of halogens is 3. The molecule has 1 unspecified atom stereocenters. The van der Waals surface area contributed by atoms with Crippen molar-refractivity contribution in [3.63, 3.8) is 0 Å². The number of hydrogen-bond donors (Lipinski definition) is 1. The third-order valence-corrected chi connectivity index (χ3v) is 4.82. The van der Waals surface area contributed by atoms with Crippen LogP contribution < -0.4 is 5.48 Å². The van der Waals surface area contributed by atoms with Gasteiger partial charge in [-0.05, 0) is 34.7 Å². The summed E-state index contributed by atoms with van der Waals surface area (Å²) in [6.07, 6.45) is -4.52. The number of benzene rings is 3. The molecule has 1 aliphatic heterocycles. The molecule has 1 heterocycles. The van der Waals surface area contributed by atoms with Crippen molar-refractivity contribution >= 4 is 11.8 Å². The van der Waals surface area contributed by atoms with Gasteiger partial charge < -0.3 is 4.84 Å². The lowest BCUT2D eigenvalue weighted by Crippen LogP contribution is -2.36. The molecule has 30 heavy (non-hydrogen) atoms. The van der Waals surface area contributed by atoms with Crippen molar-refractivity contribution in [1.29, 1.82) is 0 Å². The molecule has 3 aromatic rings. The second-order valence-corrected chi connectivity index (χ2v) is 6.84. The molecule has 0 amide bonds. The highest BCUT2D eigenvalue weighted by Crippen LogP contribution is 2.31. The SMILES string of the molecule is O=C(ONC1=NC(c2cccc(-c3ccccc3)c2)Cc2ccccc21)C(F)(F)F. The van der Waals surface area contributed by atoms with Crippen LogP contribution >= 0.6 is 0 Å². The minimum absolute atomic E-state index is 0.0876. The number of nitrogens with one attached hydrogen (secondary N) is 1. The van der Waals surface area contributed by atoms with Crippen LogP contribution in [0.2, 0.25) is 0 Å². The summed E-state index contributed by atoms with van der Waals surface area (Å²) in [4.78, 5) is 19.9. The Kier molecular flexibility index (Phi) is 5.27. The zero-order chi connectivity index (χ0) is 21.1. The summed E-state index contributed by atoms with van der Waals surface area (Å²) in [5.41, 5.74) is 6.58. The summed E-state index contributed by atoms with van der Waals surface area (Å²) in [6.45, 7) is 0. The molecular formula is C23H17F3N2O2. The summed E-state index contributed by atoms with van der Waals surface area (Å²) >= 11 is 0. The average molecular weight is 410 g/mol. The fourth-order valence-corrected chi connectivity index (χ4v) is 3.39. The summed E-state index contributed by atoms with van der Waals surface area (Å²) < 4.78 is 37.5. The van der Waals surface area contributed by atoms with E-state index in [0.29, 0.717) is 12.0 Å². The number of carbonyl (C=O) groups is 1. The molecule has 0 saturated carbocycles. The van der Waals surface area contributed by atoms with Gasteiger partial charge in [-0.3, -0.25) is 4.99 Å². The summed E-state index contributed by atoms with van der Waals surface area (Å²) in [6, 6.07) is 24.6. The Labute approximate surface area is 171 Å². The molecule has 0 fully saturated rings. The smallest absolute Gasteiger partial charge is 0.334 e. The first-order valence-corrected chi connectivity index (χ1v) is 9.27. The van der Waals surface area contributed by atoms with E-state index in [1.165, 1.54) is 0 Å². The molecule has 0 bridgehead atoms. The average Bonchev–Trinajstić information content (AvgIpc) is 2.77. The molecule has 0 radical (unpaired) electrons. The molecule has 1 atom stereocenters. The lowest BCUT2D eigenvalue weighted by atomic mass is 9.91. The second kappa shape index (κ2) is 8.02. The lowest BCUT2D eigenvalue weighted by Gasteiger charge is -2.24.